The van der Waals surface area contributed by atoms with Crippen LogP contribution in [0.1, 0.15) is 52.9 Å². The number of hydrogen-bond donors (Lipinski definition) is 1. The average molecular weight is 270 g/mol. The monoisotopic (exact) mass is 270 g/mol. The molecule has 0 bridgehead atoms. The van der Waals surface area contributed by atoms with Crippen molar-refractivity contribution >= 4 is 6.09 Å². The standard InChI is InChI=1S/C15H30N2O2/c1-15(2,3)19-14(18)17(4)11-13-7-5-6-12(10-13)8-9-16/h12-13H,5-11,16H2,1-4H3. The molecule has 0 aromatic carbocycles. The maximum atomic E-state index is 11.9. The second kappa shape index (κ2) is 7.13. The highest BCUT2D eigenvalue weighted by Crippen LogP contribution is 2.31. The summed E-state index contributed by atoms with van der Waals surface area (Å²) < 4.78 is 5.38. The number of rotatable bonds is 4. The van der Waals surface area contributed by atoms with Crippen LogP contribution in [-0.4, -0.2) is 36.7 Å². The Hall–Kier alpha value is -0.770. The van der Waals surface area contributed by atoms with E-state index in [-0.39, 0.29) is 6.09 Å². The summed E-state index contributed by atoms with van der Waals surface area (Å²) in [5, 5.41) is 0. The Morgan fingerprint density at radius 2 is 1.95 bits per heavy atom. The first-order chi connectivity index (χ1) is 8.81. The highest BCUT2D eigenvalue weighted by molar-refractivity contribution is 5.67. The molecule has 1 amide bonds. The van der Waals surface area contributed by atoms with E-state index in [9.17, 15) is 4.79 Å². The van der Waals surface area contributed by atoms with Crippen LogP contribution in [0.2, 0.25) is 0 Å². The minimum Gasteiger partial charge on any atom is -0.444 e. The summed E-state index contributed by atoms with van der Waals surface area (Å²) in [6.45, 7) is 7.28. The van der Waals surface area contributed by atoms with Crippen LogP contribution in [0.4, 0.5) is 4.79 Å². The van der Waals surface area contributed by atoms with Gasteiger partial charge in [-0.3, -0.25) is 0 Å². The van der Waals surface area contributed by atoms with Gasteiger partial charge in [-0.15, -0.1) is 0 Å². The summed E-state index contributed by atoms with van der Waals surface area (Å²) in [6, 6.07) is 0. The predicted octanol–water partition coefficient (Wildman–Crippen LogP) is 3.01. The number of carbonyl (C=O) groups is 1. The van der Waals surface area contributed by atoms with Gasteiger partial charge in [0.2, 0.25) is 0 Å². The lowest BCUT2D eigenvalue weighted by molar-refractivity contribution is 0.0253. The summed E-state index contributed by atoms with van der Waals surface area (Å²) in [4.78, 5) is 13.6. The molecule has 0 spiro atoms. The van der Waals surface area contributed by atoms with E-state index in [1.165, 1.54) is 25.7 Å². The molecule has 2 N–H and O–H groups in total. The van der Waals surface area contributed by atoms with Gasteiger partial charge in [0.25, 0.3) is 0 Å². The molecule has 1 aliphatic carbocycles. The minimum absolute atomic E-state index is 0.214. The molecule has 0 aromatic rings. The predicted molar refractivity (Wildman–Crippen MR) is 78.0 cm³/mol. The van der Waals surface area contributed by atoms with E-state index < -0.39 is 5.60 Å². The van der Waals surface area contributed by atoms with Crippen LogP contribution < -0.4 is 5.73 Å². The third-order valence-corrected chi connectivity index (χ3v) is 3.70. The molecule has 2 atom stereocenters. The maximum Gasteiger partial charge on any atom is 0.410 e. The largest absolute Gasteiger partial charge is 0.444 e. The van der Waals surface area contributed by atoms with Gasteiger partial charge < -0.3 is 15.4 Å². The van der Waals surface area contributed by atoms with E-state index in [0.29, 0.717) is 5.92 Å². The topological polar surface area (TPSA) is 55.6 Å². The molecule has 0 saturated heterocycles. The van der Waals surface area contributed by atoms with Crippen LogP contribution in [0.25, 0.3) is 0 Å². The van der Waals surface area contributed by atoms with Gasteiger partial charge >= 0.3 is 6.09 Å². The van der Waals surface area contributed by atoms with Gasteiger partial charge in [-0.2, -0.15) is 0 Å². The molecule has 4 nitrogen and oxygen atoms in total. The van der Waals surface area contributed by atoms with Crippen molar-refractivity contribution in [1.29, 1.82) is 0 Å². The minimum atomic E-state index is -0.417. The lowest BCUT2D eigenvalue weighted by atomic mass is 9.80. The smallest absolute Gasteiger partial charge is 0.410 e. The number of amides is 1. The molecule has 19 heavy (non-hydrogen) atoms. The van der Waals surface area contributed by atoms with Crippen LogP contribution in [0.15, 0.2) is 0 Å². The van der Waals surface area contributed by atoms with Gasteiger partial charge in [0.15, 0.2) is 0 Å². The van der Waals surface area contributed by atoms with Crippen molar-refractivity contribution in [1.82, 2.24) is 4.90 Å². The second-order valence-corrected chi connectivity index (χ2v) is 6.84. The fraction of sp³-hybridized carbons (Fsp3) is 0.933. The molecule has 0 heterocycles. The second-order valence-electron chi connectivity index (χ2n) is 6.84. The molecule has 0 aliphatic heterocycles. The summed E-state index contributed by atoms with van der Waals surface area (Å²) in [5.74, 6) is 1.35. The zero-order chi connectivity index (χ0) is 14.5. The molecule has 2 unspecified atom stereocenters. The van der Waals surface area contributed by atoms with Crippen molar-refractivity contribution < 1.29 is 9.53 Å². The Labute approximate surface area is 117 Å². The highest BCUT2D eigenvalue weighted by atomic mass is 16.6. The van der Waals surface area contributed by atoms with E-state index in [2.05, 4.69) is 0 Å². The molecule has 1 aliphatic rings. The average Bonchev–Trinajstić information content (AvgIpc) is 2.27. The number of nitrogens with zero attached hydrogens (tertiary/aromatic N) is 1. The summed E-state index contributed by atoms with van der Waals surface area (Å²) in [7, 11) is 1.83. The molecule has 1 rings (SSSR count). The lowest BCUT2D eigenvalue weighted by Gasteiger charge is -2.32. The van der Waals surface area contributed by atoms with Crippen molar-refractivity contribution in [2.24, 2.45) is 17.6 Å². The quantitative estimate of drug-likeness (QED) is 0.854. The van der Waals surface area contributed by atoms with Gasteiger partial charge in [-0.05, 0) is 58.4 Å². The van der Waals surface area contributed by atoms with Gasteiger partial charge in [-0.25, -0.2) is 4.79 Å². The summed E-state index contributed by atoms with van der Waals surface area (Å²) in [5.41, 5.74) is 5.22. The molecule has 0 radical (unpaired) electrons. The number of hydrogen-bond acceptors (Lipinski definition) is 3. The first kappa shape index (κ1) is 16.3. The van der Waals surface area contributed by atoms with Gasteiger partial charge in [0.1, 0.15) is 5.60 Å². The number of nitrogens with two attached hydrogens (primary N) is 1. The fourth-order valence-electron chi connectivity index (χ4n) is 2.87. The highest BCUT2D eigenvalue weighted by Gasteiger charge is 2.25. The molecule has 4 heteroatoms. The molecule has 0 aromatic heterocycles. The van der Waals surface area contributed by atoms with Crippen LogP contribution in [0.3, 0.4) is 0 Å². The maximum absolute atomic E-state index is 11.9. The zero-order valence-electron chi connectivity index (χ0n) is 12.9. The van der Waals surface area contributed by atoms with Crippen LogP contribution >= 0.6 is 0 Å². The molecular formula is C15H30N2O2. The van der Waals surface area contributed by atoms with Crippen molar-refractivity contribution in [2.45, 2.75) is 58.5 Å². The third-order valence-electron chi connectivity index (χ3n) is 3.70. The first-order valence-corrected chi connectivity index (χ1v) is 7.46. The normalized spacial score (nSPS) is 24.1. The van der Waals surface area contributed by atoms with Crippen molar-refractivity contribution in [3.8, 4) is 0 Å². The molecular weight excluding hydrogens is 240 g/mol. The number of carbonyl (C=O) groups excluding carboxylic acids is 1. The Bertz CT molecular complexity index is 284. The fourth-order valence-corrected chi connectivity index (χ4v) is 2.87. The number of ether oxygens (including phenoxy) is 1. The SMILES string of the molecule is CN(CC1CCCC(CCN)C1)C(=O)OC(C)(C)C. The summed E-state index contributed by atoms with van der Waals surface area (Å²) in [6.07, 6.45) is 5.88. The van der Waals surface area contributed by atoms with Gasteiger partial charge in [-0.1, -0.05) is 12.8 Å². The van der Waals surface area contributed by atoms with Gasteiger partial charge in [0.05, 0.1) is 0 Å². The Morgan fingerprint density at radius 3 is 2.53 bits per heavy atom. The summed E-state index contributed by atoms with van der Waals surface area (Å²) >= 11 is 0. The van der Waals surface area contributed by atoms with Crippen molar-refractivity contribution in [3.05, 3.63) is 0 Å². The zero-order valence-corrected chi connectivity index (χ0v) is 12.9. The molecule has 112 valence electrons. The van der Waals surface area contributed by atoms with Gasteiger partial charge in [0, 0.05) is 13.6 Å². The van der Waals surface area contributed by atoms with E-state index >= 15 is 0 Å². The Kier molecular flexibility index (Phi) is 6.11. The van der Waals surface area contributed by atoms with Crippen molar-refractivity contribution in [3.63, 3.8) is 0 Å². The Balaban J connectivity index is 2.39. The molecule has 1 saturated carbocycles. The lowest BCUT2D eigenvalue weighted by Crippen LogP contribution is -2.38. The molecule has 1 fully saturated rings. The van der Waals surface area contributed by atoms with Crippen LogP contribution in [-0.2, 0) is 4.74 Å². The third kappa shape index (κ3) is 6.28. The van der Waals surface area contributed by atoms with E-state index in [1.54, 1.807) is 4.90 Å². The van der Waals surface area contributed by atoms with Crippen molar-refractivity contribution in [2.75, 3.05) is 20.1 Å². The van der Waals surface area contributed by atoms with E-state index in [1.807, 2.05) is 27.8 Å². The first-order valence-electron chi connectivity index (χ1n) is 7.46. The van der Waals surface area contributed by atoms with E-state index in [0.717, 1.165) is 25.4 Å². The van der Waals surface area contributed by atoms with E-state index in [4.69, 9.17) is 10.5 Å². The van der Waals surface area contributed by atoms with Crippen LogP contribution in [0, 0.1) is 11.8 Å². The van der Waals surface area contributed by atoms with Crippen LogP contribution in [0.5, 0.6) is 0 Å². The Morgan fingerprint density at radius 1 is 1.32 bits per heavy atom.